The zero-order chi connectivity index (χ0) is 12.2. The predicted molar refractivity (Wildman–Crippen MR) is 67.7 cm³/mol. The highest BCUT2D eigenvalue weighted by atomic mass is 79.9. The molecule has 6 heteroatoms. The Bertz CT molecular complexity index is 584. The molecule has 0 radical (unpaired) electrons. The molecule has 3 rings (SSSR count). The van der Waals surface area contributed by atoms with Gasteiger partial charge in [-0.05, 0) is 35.7 Å². The van der Waals surface area contributed by atoms with Gasteiger partial charge in [0, 0.05) is 18.3 Å². The van der Waals surface area contributed by atoms with Crippen molar-refractivity contribution in [1.82, 2.24) is 14.4 Å². The van der Waals surface area contributed by atoms with E-state index in [1.54, 1.807) is 6.20 Å². The smallest absolute Gasteiger partial charge is 0.150 e. The quantitative estimate of drug-likeness (QED) is 0.840. The van der Waals surface area contributed by atoms with Gasteiger partial charge in [0.25, 0.3) is 0 Å². The van der Waals surface area contributed by atoms with E-state index in [0.29, 0.717) is 10.4 Å². The summed E-state index contributed by atoms with van der Waals surface area (Å²) in [6, 6.07) is 0. The first kappa shape index (κ1) is 11.0. The van der Waals surface area contributed by atoms with Crippen LogP contribution in [-0.4, -0.2) is 25.1 Å². The Hall–Kier alpha value is -1.14. The number of halogens is 1. The van der Waals surface area contributed by atoms with E-state index in [1.165, 1.54) is 0 Å². The summed E-state index contributed by atoms with van der Waals surface area (Å²) in [6.45, 7) is 1.85. The molecule has 1 saturated carbocycles. The Morgan fingerprint density at radius 2 is 2.29 bits per heavy atom. The zero-order valence-electron chi connectivity index (χ0n) is 9.39. The number of nitrogen functional groups attached to an aromatic ring is 1. The molecular weight excluding hydrogens is 284 g/mol. The van der Waals surface area contributed by atoms with E-state index in [2.05, 4.69) is 25.9 Å². The highest BCUT2D eigenvalue weighted by Crippen LogP contribution is 2.44. The standard InChI is InChI=1S/C11H13BrN4O/c1-11(17)4-6(5-11)10-15-8(12)7-9(13)14-2-3-16(7)10/h2-3,6,17H,4-5H2,1H3,(H2,13,14)/t6-,11+. The lowest BCUT2D eigenvalue weighted by Gasteiger charge is -2.40. The van der Waals surface area contributed by atoms with Crippen molar-refractivity contribution in [2.45, 2.75) is 31.3 Å². The van der Waals surface area contributed by atoms with Gasteiger partial charge in [-0.2, -0.15) is 0 Å². The third kappa shape index (κ3) is 1.63. The molecule has 2 heterocycles. The van der Waals surface area contributed by atoms with Gasteiger partial charge in [0.1, 0.15) is 15.9 Å². The molecule has 0 bridgehead atoms. The van der Waals surface area contributed by atoms with E-state index >= 15 is 0 Å². The van der Waals surface area contributed by atoms with Crippen LogP contribution in [0, 0.1) is 0 Å². The lowest BCUT2D eigenvalue weighted by atomic mass is 9.72. The molecule has 17 heavy (non-hydrogen) atoms. The summed E-state index contributed by atoms with van der Waals surface area (Å²) in [4.78, 5) is 8.54. The lowest BCUT2D eigenvalue weighted by molar-refractivity contribution is -0.0335. The van der Waals surface area contributed by atoms with Crippen molar-refractivity contribution in [2.75, 3.05) is 5.73 Å². The average Bonchev–Trinajstić information content (AvgIpc) is 2.54. The second-order valence-corrected chi connectivity index (χ2v) is 5.65. The normalized spacial score (nSPS) is 28.3. The molecule has 0 unspecified atom stereocenters. The number of hydrogen-bond acceptors (Lipinski definition) is 4. The molecule has 1 fully saturated rings. The minimum Gasteiger partial charge on any atom is -0.390 e. The van der Waals surface area contributed by atoms with Crippen LogP contribution in [-0.2, 0) is 0 Å². The molecule has 0 saturated heterocycles. The van der Waals surface area contributed by atoms with Gasteiger partial charge in [0.2, 0.25) is 0 Å². The number of aliphatic hydroxyl groups is 1. The van der Waals surface area contributed by atoms with Crippen molar-refractivity contribution < 1.29 is 5.11 Å². The summed E-state index contributed by atoms with van der Waals surface area (Å²) in [6.07, 6.45) is 4.99. The molecule has 3 N–H and O–H groups in total. The lowest BCUT2D eigenvalue weighted by Crippen LogP contribution is -2.40. The number of imidazole rings is 1. The summed E-state index contributed by atoms with van der Waals surface area (Å²) in [5.41, 5.74) is 6.08. The van der Waals surface area contributed by atoms with Gasteiger partial charge in [-0.25, -0.2) is 9.97 Å². The van der Waals surface area contributed by atoms with E-state index < -0.39 is 5.60 Å². The van der Waals surface area contributed by atoms with Crippen LogP contribution in [0.25, 0.3) is 5.52 Å². The van der Waals surface area contributed by atoms with Gasteiger partial charge in [0.15, 0.2) is 5.82 Å². The number of nitrogens with zero attached hydrogens (tertiary/aromatic N) is 3. The van der Waals surface area contributed by atoms with Crippen molar-refractivity contribution in [3.8, 4) is 0 Å². The highest BCUT2D eigenvalue weighted by Gasteiger charge is 2.41. The van der Waals surface area contributed by atoms with E-state index in [0.717, 1.165) is 24.2 Å². The summed E-state index contributed by atoms with van der Waals surface area (Å²) in [5.74, 6) is 1.68. The van der Waals surface area contributed by atoms with Crippen LogP contribution in [0.1, 0.15) is 31.5 Å². The van der Waals surface area contributed by atoms with E-state index in [9.17, 15) is 5.11 Å². The maximum Gasteiger partial charge on any atom is 0.150 e. The van der Waals surface area contributed by atoms with Crippen LogP contribution >= 0.6 is 15.9 Å². The van der Waals surface area contributed by atoms with Crippen molar-refractivity contribution >= 4 is 27.3 Å². The number of rotatable bonds is 1. The van der Waals surface area contributed by atoms with Crippen molar-refractivity contribution in [3.63, 3.8) is 0 Å². The molecule has 2 aromatic rings. The topological polar surface area (TPSA) is 76.4 Å². The van der Waals surface area contributed by atoms with Crippen LogP contribution in [0.2, 0.25) is 0 Å². The number of nitrogens with two attached hydrogens (primary N) is 1. The Labute approximate surface area is 107 Å². The van der Waals surface area contributed by atoms with Crippen molar-refractivity contribution in [3.05, 3.63) is 22.8 Å². The second-order valence-electron chi connectivity index (χ2n) is 4.89. The van der Waals surface area contributed by atoms with Gasteiger partial charge in [-0.3, -0.25) is 4.40 Å². The van der Waals surface area contributed by atoms with E-state index in [4.69, 9.17) is 5.73 Å². The predicted octanol–water partition coefficient (Wildman–Crippen LogP) is 1.70. The first-order valence-electron chi connectivity index (χ1n) is 5.48. The van der Waals surface area contributed by atoms with Crippen molar-refractivity contribution in [1.29, 1.82) is 0 Å². The monoisotopic (exact) mass is 296 g/mol. The van der Waals surface area contributed by atoms with Gasteiger partial charge in [0.05, 0.1) is 5.60 Å². The largest absolute Gasteiger partial charge is 0.390 e. The fraction of sp³-hybridized carbons (Fsp3) is 0.455. The fourth-order valence-electron chi connectivity index (χ4n) is 2.52. The molecule has 0 aromatic carbocycles. The number of fused-ring (bicyclic) bond motifs is 1. The summed E-state index contributed by atoms with van der Waals surface area (Å²) in [5, 5.41) is 9.79. The molecule has 0 atom stereocenters. The van der Waals surface area contributed by atoms with Crippen LogP contribution in [0.3, 0.4) is 0 Å². The molecule has 0 amide bonds. The molecular formula is C11H13BrN4O. The minimum atomic E-state index is -0.554. The van der Waals surface area contributed by atoms with Crippen LogP contribution in [0.5, 0.6) is 0 Å². The SMILES string of the molecule is C[C@]1(O)C[C@@H](c2nc(Br)c3c(N)nccn32)C1. The Morgan fingerprint density at radius 1 is 1.59 bits per heavy atom. The first-order valence-corrected chi connectivity index (χ1v) is 6.27. The maximum absolute atomic E-state index is 9.79. The molecule has 2 aromatic heterocycles. The van der Waals surface area contributed by atoms with Gasteiger partial charge >= 0.3 is 0 Å². The minimum absolute atomic E-state index is 0.283. The van der Waals surface area contributed by atoms with Crippen LogP contribution in [0.15, 0.2) is 17.0 Å². The Balaban J connectivity index is 2.10. The van der Waals surface area contributed by atoms with Gasteiger partial charge < -0.3 is 10.8 Å². The molecule has 1 aliphatic carbocycles. The van der Waals surface area contributed by atoms with Crippen molar-refractivity contribution in [2.24, 2.45) is 0 Å². The number of anilines is 1. The molecule has 1 aliphatic rings. The van der Waals surface area contributed by atoms with E-state index in [-0.39, 0.29) is 5.92 Å². The highest BCUT2D eigenvalue weighted by molar-refractivity contribution is 9.10. The first-order chi connectivity index (χ1) is 7.98. The number of aromatic nitrogens is 3. The summed E-state index contributed by atoms with van der Waals surface area (Å²) < 4.78 is 2.66. The summed E-state index contributed by atoms with van der Waals surface area (Å²) >= 11 is 3.40. The molecule has 5 nitrogen and oxygen atoms in total. The number of hydrogen-bond donors (Lipinski definition) is 2. The van der Waals surface area contributed by atoms with Crippen LogP contribution in [0.4, 0.5) is 5.82 Å². The van der Waals surface area contributed by atoms with Gasteiger partial charge in [-0.1, -0.05) is 0 Å². The molecule has 90 valence electrons. The van der Waals surface area contributed by atoms with Crippen LogP contribution < -0.4 is 5.73 Å². The van der Waals surface area contributed by atoms with Gasteiger partial charge in [-0.15, -0.1) is 0 Å². The average molecular weight is 297 g/mol. The summed E-state index contributed by atoms with van der Waals surface area (Å²) in [7, 11) is 0. The molecule has 0 spiro atoms. The third-order valence-electron chi connectivity index (χ3n) is 3.31. The van der Waals surface area contributed by atoms with E-state index in [1.807, 2.05) is 17.5 Å². The Kier molecular flexibility index (Phi) is 2.21. The maximum atomic E-state index is 9.79. The Morgan fingerprint density at radius 3 is 2.94 bits per heavy atom. The fourth-order valence-corrected chi connectivity index (χ4v) is 3.09. The second kappa shape index (κ2) is 3.43. The third-order valence-corrected chi connectivity index (χ3v) is 3.86. The molecule has 0 aliphatic heterocycles. The zero-order valence-corrected chi connectivity index (χ0v) is 11.0.